The van der Waals surface area contributed by atoms with E-state index in [4.69, 9.17) is 9.52 Å². The first kappa shape index (κ1) is 9.76. The Bertz CT molecular complexity index is 409. The second-order valence-corrected chi connectivity index (χ2v) is 3.50. The Morgan fingerprint density at radius 2 is 2.33 bits per heavy atom. The summed E-state index contributed by atoms with van der Waals surface area (Å²) in [4.78, 5) is 23.7. The van der Waals surface area contributed by atoms with Crippen molar-refractivity contribution in [2.45, 2.75) is 19.4 Å². The van der Waals surface area contributed by atoms with Gasteiger partial charge in [-0.15, -0.1) is 0 Å². The van der Waals surface area contributed by atoms with Crippen molar-refractivity contribution < 1.29 is 19.1 Å². The highest BCUT2D eigenvalue weighted by Gasteiger charge is 2.35. The third-order valence-corrected chi connectivity index (χ3v) is 2.60. The molecular formula is C10H11NO4. The molecule has 15 heavy (non-hydrogen) atoms. The Hall–Kier alpha value is -1.78. The molecule has 1 aromatic heterocycles. The van der Waals surface area contributed by atoms with Gasteiger partial charge in [0, 0.05) is 25.5 Å². The van der Waals surface area contributed by atoms with Crippen molar-refractivity contribution in [2.75, 3.05) is 6.54 Å². The first-order chi connectivity index (χ1) is 7.11. The highest BCUT2D eigenvalue weighted by Crippen LogP contribution is 2.30. The Kier molecular flexibility index (Phi) is 2.22. The van der Waals surface area contributed by atoms with Crippen LogP contribution in [0, 0.1) is 0 Å². The van der Waals surface area contributed by atoms with Crippen molar-refractivity contribution in [1.82, 2.24) is 4.90 Å². The van der Waals surface area contributed by atoms with E-state index < -0.39 is 12.0 Å². The molecule has 5 heteroatoms. The largest absolute Gasteiger partial charge is 0.479 e. The lowest BCUT2D eigenvalue weighted by Gasteiger charge is -2.31. The number of hydrogen-bond donors (Lipinski definition) is 1. The number of aliphatic carboxylic acids is 1. The summed E-state index contributed by atoms with van der Waals surface area (Å²) in [6.45, 7) is 1.77. The van der Waals surface area contributed by atoms with Crippen molar-refractivity contribution in [2.24, 2.45) is 0 Å². The van der Waals surface area contributed by atoms with E-state index in [1.54, 1.807) is 6.07 Å². The average molecular weight is 209 g/mol. The van der Waals surface area contributed by atoms with Crippen LogP contribution in [0.25, 0.3) is 0 Å². The molecule has 0 bridgehead atoms. The molecule has 0 fully saturated rings. The molecule has 2 heterocycles. The summed E-state index contributed by atoms with van der Waals surface area (Å²) in [6.07, 6.45) is 2.04. The average Bonchev–Trinajstić information content (AvgIpc) is 2.62. The van der Waals surface area contributed by atoms with Gasteiger partial charge >= 0.3 is 5.97 Å². The van der Waals surface area contributed by atoms with Crippen molar-refractivity contribution in [3.8, 4) is 0 Å². The van der Waals surface area contributed by atoms with Crippen LogP contribution in [0.2, 0.25) is 0 Å². The standard InChI is InChI=1S/C10H11NO4/c1-6(12)11-4-2-8-7(3-5-15-8)9(11)10(13)14/h3,5,9H,2,4H2,1H3,(H,13,14). The summed E-state index contributed by atoms with van der Waals surface area (Å²) < 4.78 is 5.16. The lowest BCUT2D eigenvalue weighted by atomic mass is 9.99. The molecule has 1 amide bonds. The monoisotopic (exact) mass is 209 g/mol. The fourth-order valence-electron chi connectivity index (χ4n) is 1.92. The number of nitrogens with zero attached hydrogens (tertiary/aromatic N) is 1. The topological polar surface area (TPSA) is 70.8 Å². The molecule has 2 rings (SSSR count). The van der Waals surface area contributed by atoms with Crippen LogP contribution in [0.4, 0.5) is 0 Å². The second-order valence-electron chi connectivity index (χ2n) is 3.50. The minimum atomic E-state index is -1.02. The zero-order valence-electron chi connectivity index (χ0n) is 8.27. The summed E-state index contributed by atoms with van der Waals surface area (Å²) in [6, 6.07) is 0.716. The van der Waals surface area contributed by atoms with Gasteiger partial charge in [0.2, 0.25) is 5.91 Å². The van der Waals surface area contributed by atoms with E-state index >= 15 is 0 Å². The van der Waals surface area contributed by atoms with Crippen LogP contribution in [0.1, 0.15) is 24.3 Å². The maximum absolute atomic E-state index is 11.3. The number of fused-ring (bicyclic) bond motifs is 1. The van der Waals surface area contributed by atoms with Crippen LogP contribution in [-0.4, -0.2) is 28.4 Å². The Morgan fingerprint density at radius 3 is 2.93 bits per heavy atom. The SMILES string of the molecule is CC(=O)N1CCc2occc2C1C(=O)O. The zero-order valence-corrected chi connectivity index (χ0v) is 8.27. The van der Waals surface area contributed by atoms with Gasteiger partial charge in [-0.25, -0.2) is 4.79 Å². The number of carbonyl (C=O) groups is 2. The molecular weight excluding hydrogens is 198 g/mol. The second kappa shape index (κ2) is 3.42. The normalized spacial score (nSPS) is 19.8. The van der Waals surface area contributed by atoms with Gasteiger partial charge in [-0.05, 0) is 6.07 Å². The Balaban J connectivity index is 2.43. The molecule has 0 saturated heterocycles. The number of furan rings is 1. The molecule has 1 aromatic rings. The van der Waals surface area contributed by atoms with Crippen LogP contribution in [0.5, 0.6) is 0 Å². The lowest BCUT2D eigenvalue weighted by molar-refractivity contribution is -0.150. The molecule has 0 radical (unpaired) electrons. The summed E-state index contributed by atoms with van der Waals surface area (Å²) in [7, 11) is 0. The van der Waals surface area contributed by atoms with E-state index in [1.807, 2.05) is 0 Å². The van der Waals surface area contributed by atoms with Crippen molar-refractivity contribution in [3.63, 3.8) is 0 Å². The predicted octanol–water partition coefficient (Wildman–Crippen LogP) is 0.810. The zero-order chi connectivity index (χ0) is 11.0. The molecule has 1 N–H and O–H groups in total. The molecule has 0 aliphatic carbocycles. The van der Waals surface area contributed by atoms with Crippen molar-refractivity contribution in [1.29, 1.82) is 0 Å². The van der Waals surface area contributed by atoms with Crippen LogP contribution in [0.15, 0.2) is 16.7 Å². The molecule has 1 atom stereocenters. The minimum Gasteiger partial charge on any atom is -0.479 e. The summed E-state index contributed by atoms with van der Waals surface area (Å²) >= 11 is 0. The predicted molar refractivity (Wildman–Crippen MR) is 50.2 cm³/mol. The summed E-state index contributed by atoms with van der Waals surface area (Å²) in [5.41, 5.74) is 0.587. The van der Waals surface area contributed by atoms with Gasteiger partial charge in [0.05, 0.1) is 6.26 Å². The molecule has 5 nitrogen and oxygen atoms in total. The van der Waals surface area contributed by atoms with E-state index in [1.165, 1.54) is 18.1 Å². The lowest BCUT2D eigenvalue weighted by Crippen LogP contribution is -2.41. The quantitative estimate of drug-likeness (QED) is 0.743. The van der Waals surface area contributed by atoms with E-state index in [-0.39, 0.29) is 5.91 Å². The van der Waals surface area contributed by atoms with Crippen LogP contribution in [0.3, 0.4) is 0 Å². The molecule has 80 valence electrons. The van der Waals surface area contributed by atoms with E-state index in [0.717, 1.165) is 0 Å². The number of carboxylic acid groups (broad SMARTS) is 1. The molecule has 1 unspecified atom stereocenters. The Morgan fingerprint density at radius 1 is 1.60 bits per heavy atom. The molecule has 1 aliphatic rings. The first-order valence-electron chi connectivity index (χ1n) is 4.67. The molecule has 0 aromatic carbocycles. The summed E-state index contributed by atoms with van der Waals surface area (Å²) in [5.74, 6) is -0.582. The van der Waals surface area contributed by atoms with Gasteiger partial charge in [-0.1, -0.05) is 0 Å². The smallest absolute Gasteiger partial charge is 0.331 e. The molecule has 0 spiro atoms. The third kappa shape index (κ3) is 1.49. The van der Waals surface area contributed by atoms with Gasteiger partial charge in [0.25, 0.3) is 0 Å². The van der Waals surface area contributed by atoms with Crippen molar-refractivity contribution >= 4 is 11.9 Å². The highest BCUT2D eigenvalue weighted by atomic mass is 16.4. The fourth-order valence-corrected chi connectivity index (χ4v) is 1.92. The molecule has 0 saturated carbocycles. The van der Waals surface area contributed by atoms with Gasteiger partial charge in [0.15, 0.2) is 6.04 Å². The van der Waals surface area contributed by atoms with Gasteiger partial charge in [-0.2, -0.15) is 0 Å². The number of rotatable bonds is 1. The third-order valence-electron chi connectivity index (χ3n) is 2.60. The highest BCUT2D eigenvalue weighted by molar-refractivity contribution is 5.84. The van der Waals surface area contributed by atoms with Crippen LogP contribution < -0.4 is 0 Å². The van der Waals surface area contributed by atoms with Gasteiger partial charge in [-0.3, -0.25) is 4.79 Å². The number of hydrogen-bond acceptors (Lipinski definition) is 3. The summed E-state index contributed by atoms with van der Waals surface area (Å²) in [5, 5.41) is 9.09. The fraction of sp³-hybridized carbons (Fsp3) is 0.400. The first-order valence-corrected chi connectivity index (χ1v) is 4.67. The maximum Gasteiger partial charge on any atom is 0.331 e. The molecule has 1 aliphatic heterocycles. The van der Waals surface area contributed by atoms with Gasteiger partial charge < -0.3 is 14.4 Å². The van der Waals surface area contributed by atoms with E-state index in [2.05, 4.69) is 0 Å². The Labute approximate surface area is 86.3 Å². The van der Waals surface area contributed by atoms with Crippen LogP contribution in [-0.2, 0) is 16.0 Å². The van der Waals surface area contributed by atoms with Crippen LogP contribution >= 0.6 is 0 Å². The number of amides is 1. The number of carboxylic acids is 1. The van der Waals surface area contributed by atoms with Crippen molar-refractivity contribution in [3.05, 3.63) is 23.7 Å². The maximum atomic E-state index is 11.3. The minimum absolute atomic E-state index is 0.228. The van der Waals surface area contributed by atoms with E-state index in [9.17, 15) is 9.59 Å². The van der Waals surface area contributed by atoms with Gasteiger partial charge in [0.1, 0.15) is 5.76 Å². The number of carbonyl (C=O) groups excluding carboxylic acids is 1. The van der Waals surface area contributed by atoms with E-state index in [0.29, 0.717) is 24.3 Å².